The quantitative estimate of drug-likeness (QED) is 0.937. The minimum atomic E-state index is 0.606. The van der Waals surface area contributed by atoms with E-state index in [1.165, 1.54) is 16.8 Å². The molecule has 0 aliphatic heterocycles. The zero-order chi connectivity index (χ0) is 14.7. The molecule has 0 saturated heterocycles. The SMILES string of the molecule is Cc1nc(CCc2ccccc2)nc2c1CC(CN)CC2. The van der Waals surface area contributed by atoms with E-state index in [4.69, 9.17) is 15.7 Å². The van der Waals surface area contributed by atoms with Gasteiger partial charge < -0.3 is 5.73 Å². The Kier molecular flexibility index (Phi) is 4.30. The van der Waals surface area contributed by atoms with Gasteiger partial charge in [0.25, 0.3) is 0 Å². The van der Waals surface area contributed by atoms with Gasteiger partial charge in [-0.1, -0.05) is 30.3 Å². The summed E-state index contributed by atoms with van der Waals surface area (Å²) in [6, 6.07) is 10.5. The Labute approximate surface area is 126 Å². The van der Waals surface area contributed by atoms with E-state index in [1.807, 2.05) is 0 Å². The molecule has 1 unspecified atom stereocenters. The second-order valence-corrected chi connectivity index (χ2v) is 5.98. The van der Waals surface area contributed by atoms with E-state index in [-0.39, 0.29) is 0 Å². The maximum atomic E-state index is 5.81. The van der Waals surface area contributed by atoms with Crippen LogP contribution in [-0.2, 0) is 25.7 Å². The third kappa shape index (κ3) is 3.30. The molecule has 2 aromatic rings. The maximum Gasteiger partial charge on any atom is 0.129 e. The Bertz CT molecular complexity index is 607. The third-order valence-corrected chi connectivity index (χ3v) is 4.44. The Balaban J connectivity index is 1.75. The molecule has 3 heteroatoms. The molecule has 1 aromatic heterocycles. The number of nitrogens with zero attached hydrogens (tertiary/aromatic N) is 2. The molecule has 1 atom stereocenters. The van der Waals surface area contributed by atoms with Crippen molar-refractivity contribution in [3.8, 4) is 0 Å². The highest BCUT2D eigenvalue weighted by atomic mass is 14.9. The normalized spacial score (nSPS) is 17.5. The molecule has 0 bridgehead atoms. The smallest absolute Gasteiger partial charge is 0.129 e. The fourth-order valence-electron chi connectivity index (χ4n) is 3.14. The molecule has 3 rings (SSSR count). The molecular weight excluding hydrogens is 258 g/mol. The summed E-state index contributed by atoms with van der Waals surface area (Å²) in [6.07, 6.45) is 5.19. The molecule has 0 amide bonds. The van der Waals surface area contributed by atoms with Crippen molar-refractivity contribution < 1.29 is 0 Å². The summed E-state index contributed by atoms with van der Waals surface area (Å²) in [4.78, 5) is 9.52. The summed E-state index contributed by atoms with van der Waals surface area (Å²) in [6.45, 7) is 2.89. The van der Waals surface area contributed by atoms with Crippen molar-refractivity contribution in [1.29, 1.82) is 0 Å². The van der Waals surface area contributed by atoms with Crippen molar-refractivity contribution in [2.45, 2.75) is 39.0 Å². The molecule has 110 valence electrons. The van der Waals surface area contributed by atoms with Gasteiger partial charge in [-0.05, 0) is 56.2 Å². The maximum absolute atomic E-state index is 5.81. The molecular formula is C18H23N3. The average molecular weight is 281 g/mol. The predicted octanol–water partition coefficient (Wildman–Crippen LogP) is 2.63. The van der Waals surface area contributed by atoms with Crippen molar-refractivity contribution in [2.75, 3.05) is 6.54 Å². The molecule has 1 aromatic carbocycles. The highest BCUT2D eigenvalue weighted by Gasteiger charge is 2.21. The first-order valence-electron chi connectivity index (χ1n) is 7.85. The molecule has 21 heavy (non-hydrogen) atoms. The Hall–Kier alpha value is -1.74. The van der Waals surface area contributed by atoms with Gasteiger partial charge in [0.05, 0.1) is 0 Å². The fraction of sp³-hybridized carbons (Fsp3) is 0.444. The summed E-state index contributed by atoms with van der Waals surface area (Å²) < 4.78 is 0. The van der Waals surface area contributed by atoms with Gasteiger partial charge in [0.15, 0.2) is 0 Å². The topological polar surface area (TPSA) is 51.8 Å². The average Bonchev–Trinajstić information content (AvgIpc) is 2.54. The van der Waals surface area contributed by atoms with Crippen molar-refractivity contribution in [1.82, 2.24) is 9.97 Å². The van der Waals surface area contributed by atoms with E-state index < -0.39 is 0 Å². The number of nitrogens with two attached hydrogens (primary N) is 1. The standard InChI is InChI=1S/C18H23N3/c1-13-16-11-15(12-19)7-9-17(16)21-18(20-13)10-8-14-5-3-2-4-6-14/h2-6,15H,7-12,19H2,1H3. The van der Waals surface area contributed by atoms with Crippen molar-refractivity contribution >= 4 is 0 Å². The number of rotatable bonds is 4. The minimum Gasteiger partial charge on any atom is -0.330 e. The van der Waals surface area contributed by atoms with Gasteiger partial charge in [-0.3, -0.25) is 0 Å². The van der Waals surface area contributed by atoms with Crippen LogP contribution >= 0.6 is 0 Å². The summed E-state index contributed by atoms with van der Waals surface area (Å²) in [5, 5.41) is 0. The Morgan fingerprint density at radius 3 is 2.71 bits per heavy atom. The number of fused-ring (bicyclic) bond motifs is 1. The van der Waals surface area contributed by atoms with Crippen LogP contribution in [0.25, 0.3) is 0 Å². The molecule has 0 radical (unpaired) electrons. The van der Waals surface area contributed by atoms with Gasteiger partial charge in [0.1, 0.15) is 5.82 Å². The third-order valence-electron chi connectivity index (χ3n) is 4.44. The van der Waals surface area contributed by atoms with Gasteiger partial charge in [-0.15, -0.1) is 0 Å². The molecule has 0 saturated carbocycles. The lowest BCUT2D eigenvalue weighted by atomic mass is 9.86. The molecule has 2 N–H and O–H groups in total. The molecule has 0 spiro atoms. The van der Waals surface area contributed by atoms with Crippen LogP contribution in [0.2, 0.25) is 0 Å². The Morgan fingerprint density at radius 2 is 1.95 bits per heavy atom. The molecule has 1 heterocycles. The largest absolute Gasteiger partial charge is 0.330 e. The highest BCUT2D eigenvalue weighted by Crippen LogP contribution is 2.25. The van der Waals surface area contributed by atoms with Gasteiger partial charge in [-0.2, -0.15) is 0 Å². The van der Waals surface area contributed by atoms with Crippen molar-refractivity contribution in [3.63, 3.8) is 0 Å². The van der Waals surface area contributed by atoms with E-state index >= 15 is 0 Å². The van der Waals surface area contributed by atoms with Crippen LogP contribution in [-0.4, -0.2) is 16.5 Å². The lowest BCUT2D eigenvalue weighted by Crippen LogP contribution is -2.24. The number of benzene rings is 1. The van der Waals surface area contributed by atoms with Gasteiger partial charge >= 0.3 is 0 Å². The first-order chi connectivity index (χ1) is 10.3. The lowest BCUT2D eigenvalue weighted by Gasteiger charge is -2.24. The first kappa shape index (κ1) is 14.2. The highest BCUT2D eigenvalue weighted by molar-refractivity contribution is 5.28. The van der Waals surface area contributed by atoms with E-state index in [0.29, 0.717) is 5.92 Å². The van der Waals surface area contributed by atoms with Crippen molar-refractivity contribution in [3.05, 3.63) is 58.7 Å². The molecule has 1 aliphatic rings. The molecule has 3 nitrogen and oxygen atoms in total. The van der Waals surface area contributed by atoms with Gasteiger partial charge in [0, 0.05) is 17.8 Å². The van der Waals surface area contributed by atoms with Crippen LogP contribution < -0.4 is 5.73 Å². The van der Waals surface area contributed by atoms with Crippen LogP contribution in [0, 0.1) is 12.8 Å². The zero-order valence-electron chi connectivity index (χ0n) is 12.7. The van der Waals surface area contributed by atoms with Crippen LogP contribution in [0.1, 0.15) is 34.8 Å². The zero-order valence-corrected chi connectivity index (χ0v) is 12.7. The predicted molar refractivity (Wildman–Crippen MR) is 85.2 cm³/mol. The second kappa shape index (κ2) is 6.35. The Morgan fingerprint density at radius 1 is 1.14 bits per heavy atom. The summed E-state index contributed by atoms with van der Waals surface area (Å²) in [5.41, 5.74) is 10.9. The van der Waals surface area contributed by atoms with Crippen molar-refractivity contribution in [2.24, 2.45) is 11.7 Å². The summed E-state index contributed by atoms with van der Waals surface area (Å²) >= 11 is 0. The monoisotopic (exact) mass is 281 g/mol. The first-order valence-corrected chi connectivity index (χ1v) is 7.85. The molecule has 1 aliphatic carbocycles. The number of hydrogen-bond acceptors (Lipinski definition) is 3. The number of aryl methyl sites for hydroxylation is 4. The number of hydrogen-bond donors (Lipinski definition) is 1. The van der Waals surface area contributed by atoms with Gasteiger partial charge in [-0.25, -0.2) is 9.97 Å². The van der Waals surface area contributed by atoms with E-state index in [9.17, 15) is 0 Å². The fourth-order valence-corrected chi connectivity index (χ4v) is 3.14. The number of aromatic nitrogens is 2. The summed E-state index contributed by atoms with van der Waals surface area (Å²) in [7, 11) is 0. The van der Waals surface area contributed by atoms with E-state index in [0.717, 1.165) is 50.2 Å². The minimum absolute atomic E-state index is 0.606. The molecule has 0 fully saturated rings. The van der Waals surface area contributed by atoms with Gasteiger partial charge in [0.2, 0.25) is 0 Å². The van der Waals surface area contributed by atoms with E-state index in [1.54, 1.807) is 0 Å². The van der Waals surface area contributed by atoms with Crippen LogP contribution in [0.15, 0.2) is 30.3 Å². The van der Waals surface area contributed by atoms with Crippen LogP contribution in [0.3, 0.4) is 0 Å². The second-order valence-electron chi connectivity index (χ2n) is 5.98. The summed E-state index contributed by atoms with van der Waals surface area (Å²) in [5.74, 6) is 1.59. The van der Waals surface area contributed by atoms with Crippen LogP contribution in [0.4, 0.5) is 0 Å². The van der Waals surface area contributed by atoms with Crippen LogP contribution in [0.5, 0.6) is 0 Å². The van der Waals surface area contributed by atoms with E-state index in [2.05, 4.69) is 37.3 Å². The lowest BCUT2D eigenvalue weighted by molar-refractivity contribution is 0.458.